The summed E-state index contributed by atoms with van der Waals surface area (Å²) in [6.45, 7) is 4.49. The zero-order valence-electron chi connectivity index (χ0n) is 16.3. The van der Waals surface area contributed by atoms with Crippen molar-refractivity contribution in [3.63, 3.8) is 0 Å². The number of hydrogen-bond donors (Lipinski definition) is 0. The summed E-state index contributed by atoms with van der Waals surface area (Å²) in [5, 5.41) is 7.55. The first-order valence-electron chi connectivity index (χ1n) is 9.96. The lowest BCUT2D eigenvalue weighted by Crippen LogP contribution is -2.56. The number of nitrogens with zero attached hydrogens (tertiary/aromatic N) is 6. The first kappa shape index (κ1) is 19.2. The number of halogens is 2. The molecule has 0 unspecified atom stereocenters. The fourth-order valence-electron chi connectivity index (χ4n) is 4.12. The molecule has 0 spiro atoms. The van der Waals surface area contributed by atoms with E-state index in [9.17, 15) is 13.6 Å². The van der Waals surface area contributed by atoms with Crippen molar-refractivity contribution in [2.75, 3.05) is 55.7 Å². The van der Waals surface area contributed by atoms with Gasteiger partial charge < -0.3 is 14.4 Å². The normalized spacial score (nSPS) is 23.0. The number of piperazine rings is 1. The smallest absolute Gasteiger partial charge is 0.414 e. The van der Waals surface area contributed by atoms with Crippen LogP contribution < -0.4 is 9.80 Å². The van der Waals surface area contributed by atoms with E-state index < -0.39 is 23.8 Å². The van der Waals surface area contributed by atoms with Gasteiger partial charge in [-0.05, 0) is 0 Å². The van der Waals surface area contributed by atoms with Gasteiger partial charge in [0, 0.05) is 44.5 Å². The maximum absolute atomic E-state index is 14.9. The molecule has 4 heterocycles. The lowest BCUT2D eigenvalue weighted by Gasteiger charge is -2.43. The van der Waals surface area contributed by atoms with Gasteiger partial charge in [0.25, 0.3) is 0 Å². The highest BCUT2D eigenvalue weighted by molar-refractivity contribution is 5.90. The van der Waals surface area contributed by atoms with Gasteiger partial charge in [0.1, 0.15) is 11.8 Å². The number of carbonyl (C=O) groups is 1. The second kappa shape index (κ2) is 7.80. The quantitative estimate of drug-likeness (QED) is 0.717. The van der Waals surface area contributed by atoms with Gasteiger partial charge in [-0.3, -0.25) is 9.80 Å². The minimum absolute atomic E-state index is 0.0463. The number of anilines is 2. The van der Waals surface area contributed by atoms with Crippen molar-refractivity contribution in [1.82, 2.24) is 19.9 Å². The Labute approximate surface area is 171 Å². The molecule has 11 heteroatoms. The number of cyclic esters (lactones) is 1. The lowest BCUT2D eigenvalue weighted by atomic mass is 10.1. The predicted molar refractivity (Wildman–Crippen MR) is 102 cm³/mol. The molecule has 160 valence electrons. The average molecular weight is 420 g/mol. The van der Waals surface area contributed by atoms with Gasteiger partial charge in [-0.25, -0.2) is 18.3 Å². The van der Waals surface area contributed by atoms with Crippen LogP contribution in [0.1, 0.15) is 0 Å². The van der Waals surface area contributed by atoms with E-state index in [1.165, 1.54) is 23.2 Å². The largest absolute Gasteiger partial charge is 0.442 e. The molecule has 3 aliphatic rings. The first-order valence-corrected chi connectivity index (χ1v) is 9.96. The maximum Gasteiger partial charge on any atom is 0.414 e. The molecule has 0 saturated carbocycles. The van der Waals surface area contributed by atoms with Crippen molar-refractivity contribution in [2.24, 2.45) is 0 Å². The van der Waals surface area contributed by atoms with Crippen molar-refractivity contribution < 1.29 is 23.0 Å². The molecule has 1 amide bonds. The monoisotopic (exact) mass is 420 g/mol. The van der Waals surface area contributed by atoms with Crippen molar-refractivity contribution in [1.29, 1.82) is 0 Å². The van der Waals surface area contributed by atoms with E-state index >= 15 is 0 Å². The van der Waals surface area contributed by atoms with Crippen LogP contribution in [0.2, 0.25) is 0 Å². The SMILES string of the molecule is O=C1O[C@H](Cn2ccnn2)CN1c1cc(F)c(N2CCN(C3COC3)CC2)c(F)c1. The minimum atomic E-state index is -0.682. The van der Waals surface area contributed by atoms with E-state index in [0.717, 1.165) is 26.3 Å². The Morgan fingerprint density at radius 2 is 1.83 bits per heavy atom. The fraction of sp³-hybridized carbons (Fsp3) is 0.526. The van der Waals surface area contributed by atoms with Crippen LogP contribution in [0.5, 0.6) is 0 Å². The molecule has 1 aromatic heterocycles. The fourth-order valence-corrected chi connectivity index (χ4v) is 4.12. The van der Waals surface area contributed by atoms with Crippen LogP contribution in [0.15, 0.2) is 24.5 Å². The van der Waals surface area contributed by atoms with E-state index in [-0.39, 0.29) is 17.9 Å². The van der Waals surface area contributed by atoms with Crippen molar-refractivity contribution in [3.8, 4) is 0 Å². The molecule has 0 N–H and O–H groups in total. The second-order valence-electron chi connectivity index (χ2n) is 7.71. The number of carbonyl (C=O) groups excluding carboxylic acids is 1. The maximum atomic E-state index is 14.9. The number of amides is 1. The summed E-state index contributed by atoms with van der Waals surface area (Å²) in [6, 6.07) is 2.81. The molecular formula is C19H22F2N6O3. The first-order chi connectivity index (χ1) is 14.6. The van der Waals surface area contributed by atoms with E-state index in [2.05, 4.69) is 15.2 Å². The molecule has 0 bridgehead atoms. The van der Waals surface area contributed by atoms with Gasteiger partial charge in [-0.15, -0.1) is 5.10 Å². The van der Waals surface area contributed by atoms with Crippen molar-refractivity contribution in [3.05, 3.63) is 36.2 Å². The highest BCUT2D eigenvalue weighted by Crippen LogP contribution is 2.32. The van der Waals surface area contributed by atoms with E-state index in [1.54, 1.807) is 15.8 Å². The molecule has 3 fully saturated rings. The highest BCUT2D eigenvalue weighted by Gasteiger charge is 2.35. The Hall–Kier alpha value is -2.79. The molecule has 5 rings (SSSR count). The Balaban J connectivity index is 1.28. The molecule has 3 aliphatic heterocycles. The highest BCUT2D eigenvalue weighted by atomic mass is 19.1. The summed E-state index contributed by atoms with van der Waals surface area (Å²) in [5.74, 6) is -1.36. The van der Waals surface area contributed by atoms with E-state index in [4.69, 9.17) is 9.47 Å². The molecule has 9 nitrogen and oxygen atoms in total. The number of benzene rings is 1. The van der Waals surface area contributed by atoms with Crippen molar-refractivity contribution >= 4 is 17.5 Å². The number of rotatable bonds is 5. The summed E-state index contributed by atoms with van der Waals surface area (Å²) >= 11 is 0. The van der Waals surface area contributed by atoms with Crippen LogP contribution in [0.4, 0.5) is 25.0 Å². The van der Waals surface area contributed by atoms with Gasteiger partial charge in [-0.2, -0.15) is 0 Å². The number of ether oxygens (including phenoxy) is 2. The standard InChI is InChI=1S/C19H22F2N6O3/c20-16-7-13(27-10-15(30-19(27)28)9-26-2-1-22-23-26)8-17(21)18(16)25-5-3-24(4-6-25)14-11-29-12-14/h1-2,7-8,14-15H,3-6,9-12H2/t15-/m1/s1. The third kappa shape index (κ3) is 3.58. The van der Waals surface area contributed by atoms with Crippen LogP contribution in [0.25, 0.3) is 0 Å². The number of aromatic nitrogens is 3. The molecule has 3 saturated heterocycles. The molecule has 0 aliphatic carbocycles. The van der Waals surface area contributed by atoms with Crippen molar-refractivity contribution in [2.45, 2.75) is 18.7 Å². The Bertz CT molecular complexity index is 892. The van der Waals surface area contributed by atoms with Gasteiger partial charge >= 0.3 is 6.09 Å². The zero-order valence-corrected chi connectivity index (χ0v) is 16.3. The van der Waals surface area contributed by atoms with E-state index in [0.29, 0.717) is 25.7 Å². The van der Waals surface area contributed by atoms with Crippen LogP contribution in [-0.4, -0.2) is 84.1 Å². The van der Waals surface area contributed by atoms with Crippen LogP contribution in [-0.2, 0) is 16.0 Å². The molecule has 1 aromatic carbocycles. The third-order valence-electron chi connectivity index (χ3n) is 5.82. The Kier molecular flexibility index (Phi) is 4.99. The summed E-state index contributed by atoms with van der Waals surface area (Å²) in [6.07, 6.45) is 2.07. The van der Waals surface area contributed by atoms with Crippen LogP contribution >= 0.6 is 0 Å². The summed E-state index contributed by atoms with van der Waals surface area (Å²) in [5.41, 5.74) is 0.0973. The Morgan fingerprint density at radius 3 is 2.43 bits per heavy atom. The van der Waals surface area contributed by atoms with Gasteiger partial charge in [0.2, 0.25) is 0 Å². The summed E-state index contributed by atoms with van der Waals surface area (Å²) < 4.78 is 41.9. The second-order valence-corrected chi connectivity index (χ2v) is 7.71. The topological polar surface area (TPSA) is 76.0 Å². The molecule has 0 radical (unpaired) electrons. The minimum Gasteiger partial charge on any atom is -0.442 e. The molecule has 2 aromatic rings. The molecule has 30 heavy (non-hydrogen) atoms. The third-order valence-corrected chi connectivity index (χ3v) is 5.82. The Morgan fingerprint density at radius 1 is 1.10 bits per heavy atom. The van der Waals surface area contributed by atoms with Gasteiger partial charge in [0.05, 0.1) is 44.2 Å². The lowest BCUT2D eigenvalue weighted by molar-refractivity contribution is -0.0661. The molecular weight excluding hydrogens is 398 g/mol. The zero-order chi connectivity index (χ0) is 20.7. The van der Waals surface area contributed by atoms with E-state index in [1.807, 2.05) is 0 Å². The predicted octanol–water partition coefficient (Wildman–Crippen LogP) is 1.10. The number of hydrogen-bond acceptors (Lipinski definition) is 7. The summed E-state index contributed by atoms with van der Waals surface area (Å²) in [4.78, 5) is 17.5. The average Bonchev–Trinajstić information content (AvgIpc) is 3.31. The van der Waals surface area contributed by atoms with Crippen LogP contribution in [0, 0.1) is 11.6 Å². The van der Waals surface area contributed by atoms with Gasteiger partial charge in [0.15, 0.2) is 11.6 Å². The molecule has 1 atom stereocenters. The van der Waals surface area contributed by atoms with Gasteiger partial charge in [-0.1, -0.05) is 5.21 Å². The summed E-state index contributed by atoms with van der Waals surface area (Å²) in [7, 11) is 0. The van der Waals surface area contributed by atoms with Crippen LogP contribution in [0.3, 0.4) is 0 Å².